The summed E-state index contributed by atoms with van der Waals surface area (Å²) in [4.78, 5) is 26.6. The third-order valence-electron chi connectivity index (χ3n) is 4.50. The summed E-state index contributed by atoms with van der Waals surface area (Å²) in [6.07, 6.45) is 4.64. The molecule has 2 aliphatic rings. The molecule has 6 heteroatoms. The van der Waals surface area contributed by atoms with Gasteiger partial charge in [0.1, 0.15) is 5.92 Å². The summed E-state index contributed by atoms with van der Waals surface area (Å²) in [5, 5.41) is 10.7. The number of hydrogen-bond donors (Lipinski definition) is 0. The number of hydrogen-bond acceptors (Lipinski definition) is 4. The topological polar surface area (TPSA) is 66.7 Å². The molecule has 0 N–H and O–H groups in total. The van der Waals surface area contributed by atoms with Gasteiger partial charge in [-0.25, -0.2) is 0 Å². The van der Waals surface area contributed by atoms with Crippen LogP contribution < -0.4 is 0 Å². The largest absolute Gasteiger partial charge is 0.340 e. The summed E-state index contributed by atoms with van der Waals surface area (Å²) in [5.41, 5.74) is 1.18. The van der Waals surface area contributed by atoms with Gasteiger partial charge in [-0.2, -0.15) is 0 Å². The molecule has 1 aliphatic carbocycles. The number of nitrogens with zero attached hydrogens (tertiary/aromatic N) is 3. The van der Waals surface area contributed by atoms with Crippen molar-refractivity contribution in [2.75, 3.05) is 32.7 Å². The van der Waals surface area contributed by atoms with E-state index in [-0.39, 0.29) is 16.7 Å². The van der Waals surface area contributed by atoms with Crippen molar-refractivity contribution in [3.63, 3.8) is 0 Å². The van der Waals surface area contributed by atoms with Crippen molar-refractivity contribution >= 4 is 12.0 Å². The van der Waals surface area contributed by atoms with Crippen molar-refractivity contribution in [2.45, 2.75) is 12.5 Å². The van der Waals surface area contributed by atoms with E-state index >= 15 is 0 Å². The lowest BCUT2D eigenvalue weighted by Gasteiger charge is -2.34. The molecule has 3 rings (SSSR count). The Kier molecular flexibility index (Phi) is 4.71. The second-order valence-corrected chi connectivity index (χ2v) is 6.13. The van der Waals surface area contributed by atoms with Gasteiger partial charge in [0.15, 0.2) is 0 Å². The fraction of sp³-hybridized carbons (Fsp3) is 0.471. The SMILES string of the molecule is O=C(C1CC1[N+](=O)[O-])N1CCN(C/C=C/c2ccccc2)CC1. The fourth-order valence-corrected chi connectivity index (χ4v) is 2.97. The van der Waals surface area contributed by atoms with E-state index in [2.05, 4.69) is 29.2 Å². The quantitative estimate of drug-likeness (QED) is 0.610. The van der Waals surface area contributed by atoms with Gasteiger partial charge in [0.25, 0.3) is 0 Å². The van der Waals surface area contributed by atoms with E-state index in [9.17, 15) is 14.9 Å². The van der Waals surface area contributed by atoms with Crippen molar-refractivity contribution in [3.05, 3.63) is 52.1 Å². The van der Waals surface area contributed by atoms with Gasteiger partial charge in [-0.05, 0) is 5.56 Å². The molecule has 2 unspecified atom stereocenters. The standard InChI is InChI=1S/C17H21N3O3/c21-17(15-13-16(15)20(22)23)19-11-9-18(10-12-19)8-4-7-14-5-2-1-3-6-14/h1-7,15-16H,8-13H2/b7-4+. The van der Waals surface area contributed by atoms with Crippen molar-refractivity contribution < 1.29 is 9.72 Å². The maximum absolute atomic E-state index is 12.2. The lowest BCUT2D eigenvalue weighted by atomic mass is 10.2. The van der Waals surface area contributed by atoms with Crippen molar-refractivity contribution in [2.24, 2.45) is 5.92 Å². The van der Waals surface area contributed by atoms with E-state index in [0.29, 0.717) is 19.5 Å². The van der Waals surface area contributed by atoms with Crippen LogP contribution in [0, 0.1) is 16.0 Å². The lowest BCUT2D eigenvalue weighted by Crippen LogP contribution is -2.49. The van der Waals surface area contributed by atoms with Crippen molar-refractivity contribution in [3.8, 4) is 0 Å². The molecular formula is C17H21N3O3. The Morgan fingerprint density at radius 1 is 1.22 bits per heavy atom. The van der Waals surface area contributed by atoms with Crippen LogP contribution in [0.1, 0.15) is 12.0 Å². The Bertz CT molecular complexity index is 594. The van der Waals surface area contributed by atoms with E-state index in [1.165, 1.54) is 5.56 Å². The van der Waals surface area contributed by atoms with Crippen molar-refractivity contribution in [1.82, 2.24) is 9.80 Å². The van der Waals surface area contributed by atoms with Crippen LogP contribution in [0.2, 0.25) is 0 Å². The molecule has 2 atom stereocenters. The Balaban J connectivity index is 1.41. The summed E-state index contributed by atoms with van der Waals surface area (Å²) in [6.45, 7) is 3.83. The average molecular weight is 315 g/mol. The molecule has 23 heavy (non-hydrogen) atoms. The van der Waals surface area contributed by atoms with E-state index in [0.717, 1.165) is 19.6 Å². The highest BCUT2D eigenvalue weighted by molar-refractivity contribution is 5.82. The molecule has 1 aliphatic heterocycles. The number of carbonyl (C=O) groups is 1. The van der Waals surface area contributed by atoms with Gasteiger partial charge >= 0.3 is 0 Å². The number of rotatable bonds is 5. The minimum absolute atomic E-state index is 0.0359. The molecule has 1 saturated heterocycles. The monoisotopic (exact) mass is 315 g/mol. The Morgan fingerprint density at radius 2 is 1.91 bits per heavy atom. The van der Waals surface area contributed by atoms with Crippen LogP contribution in [0.25, 0.3) is 6.08 Å². The first kappa shape index (κ1) is 15.7. The molecule has 1 heterocycles. The molecular weight excluding hydrogens is 294 g/mol. The number of benzene rings is 1. The summed E-state index contributed by atoms with van der Waals surface area (Å²) in [5.74, 6) is -0.416. The van der Waals surface area contributed by atoms with Gasteiger partial charge in [0.2, 0.25) is 11.9 Å². The van der Waals surface area contributed by atoms with E-state index < -0.39 is 6.04 Å². The second-order valence-electron chi connectivity index (χ2n) is 6.13. The van der Waals surface area contributed by atoms with Crippen LogP contribution in [0.15, 0.2) is 36.4 Å². The minimum Gasteiger partial charge on any atom is -0.340 e. The van der Waals surface area contributed by atoms with Crippen LogP contribution in [-0.2, 0) is 4.79 Å². The molecule has 0 bridgehead atoms. The predicted octanol–water partition coefficient (Wildman–Crippen LogP) is 1.51. The van der Waals surface area contributed by atoms with Crippen LogP contribution >= 0.6 is 0 Å². The number of amides is 1. The summed E-state index contributed by atoms with van der Waals surface area (Å²) >= 11 is 0. The fourth-order valence-electron chi connectivity index (χ4n) is 2.97. The summed E-state index contributed by atoms with van der Waals surface area (Å²) in [7, 11) is 0. The van der Waals surface area contributed by atoms with E-state index in [1.807, 2.05) is 18.2 Å². The molecule has 0 aromatic heterocycles. The van der Waals surface area contributed by atoms with Gasteiger partial charge in [0.05, 0.1) is 0 Å². The molecule has 1 amide bonds. The maximum Gasteiger partial charge on any atom is 0.232 e. The lowest BCUT2D eigenvalue weighted by molar-refractivity contribution is -0.497. The molecule has 122 valence electrons. The van der Waals surface area contributed by atoms with Crippen molar-refractivity contribution in [1.29, 1.82) is 0 Å². The Morgan fingerprint density at radius 3 is 2.52 bits per heavy atom. The highest BCUT2D eigenvalue weighted by Gasteiger charge is 2.54. The normalized spacial score (nSPS) is 24.8. The predicted molar refractivity (Wildman–Crippen MR) is 87.4 cm³/mol. The highest BCUT2D eigenvalue weighted by atomic mass is 16.6. The molecule has 6 nitrogen and oxygen atoms in total. The smallest absolute Gasteiger partial charge is 0.232 e. The van der Waals surface area contributed by atoms with Crippen LogP contribution in [0.5, 0.6) is 0 Å². The summed E-state index contributed by atoms with van der Waals surface area (Å²) < 4.78 is 0. The zero-order valence-corrected chi connectivity index (χ0v) is 13.0. The zero-order valence-electron chi connectivity index (χ0n) is 13.0. The molecule has 1 saturated carbocycles. The second kappa shape index (κ2) is 6.91. The third kappa shape index (κ3) is 3.96. The number of nitro groups is 1. The number of piperazine rings is 1. The Hall–Kier alpha value is -2.21. The zero-order chi connectivity index (χ0) is 16.2. The van der Waals surface area contributed by atoms with E-state index in [1.54, 1.807) is 4.90 Å². The molecule has 2 fully saturated rings. The van der Waals surface area contributed by atoms with Gasteiger partial charge in [-0.3, -0.25) is 19.8 Å². The van der Waals surface area contributed by atoms with Gasteiger partial charge in [-0.15, -0.1) is 0 Å². The van der Waals surface area contributed by atoms with Crippen LogP contribution in [-0.4, -0.2) is 59.4 Å². The van der Waals surface area contributed by atoms with Gasteiger partial charge in [0, 0.05) is 44.1 Å². The number of carbonyl (C=O) groups excluding carboxylic acids is 1. The first-order valence-corrected chi connectivity index (χ1v) is 8.01. The molecule has 0 spiro atoms. The summed E-state index contributed by atoms with van der Waals surface area (Å²) in [6, 6.07) is 9.51. The van der Waals surface area contributed by atoms with Crippen LogP contribution in [0.3, 0.4) is 0 Å². The minimum atomic E-state index is -0.644. The van der Waals surface area contributed by atoms with Gasteiger partial charge < -0.3 is 4.90 Å². The van der Waals surface area contributed by atoms with E-state index in [4.69, 9.17) is 0 Å². The highest BCUT2D eigenvalue weighted by Crippen LogP contribution is 2.34. The first-order valence-electron chi connectivity index (χ1n) is 8.01. The van der Waals surface area contributed by atoms with Gasteiger partial charge in [-0.1, -0.05) is 42.5 Å². The Labute approximate surface area is 135 Å². The molecule has 0 radical (unpaired) electrons. The average Bonchev–Trinajstić information content (AvgIpc) is 3.37. The molecule has 1 aromatic rings. The first-order chi connectivity index (χ1) is 11.1. The van der Waals surface area contributed by atoms with Crippen LogP contribution in [0.4, 0.5) is 0 Å². The maximum atomic E-state index is 12.2. The third-order valence-corrected chi connectivity index (χ3v) is 4.50. The molecule has 1 aromatic carbocycles.